The van der Waals surface area contributed by atoms with Gasteiger partial charge >= 0.3 is 0 Å². The maximum atomic E-state index is 12.9. The first kappa shape index (κ1) is 12.4. The van der Waals surface area contributed by atoms with Gasteiger partial charge in [-0.25, -0.2) is 4.39 Å². The van der Waals surface area contributed by atoms with Crippen molar-refractivity contribution in [2.75, 3.05) is 18.5 Å². The molecule has 0 saturated heterocycles. The molecule has 0 amide bonds. The lowest BCUT2D eigenvalue weighted by molar-refractivity contribution is 0.105. The summed E-state index contributed by atoms with van der Waals surface area (Å²) in [5, 5.41) is 20.7. The smallest absolute Gasteiger partial charge is 0.124 e. The summed E-state index contributed by atoms with van der Waals surface area (Å²) in [5.41, 5.74) is 1.47. The van der Waals surface area contributed by atoms with Crippen molar-refractivity contribution < 1.29 is 14.6 Å². The second-order valence-electron chi connectivity index (χ2n) is 3.30. The number of aliphatic hydroxyl groups is 2. The highest BCUT2D eigenvalue weighted by Gasteiger charge is 2.08. The second kappa shape index (κ2) is 5.44. The molecule has 1 aromatic carbocycles. The van der Waals surface area contributed by atoms with Crippen LogP contribution in [0.15, 0.2) is 16.6 Å². The van der Waals surface area contributed by atoms with Crippen molar-refractivity contribution in [2.24, 2.45) is 0 Å². The highest BCUT2D eigenvalue weighted by molar-refractivity contribution is 9.10. The average molecular weight is 278 g/mol. The zero-order valence-electron chi connectivity index (χ0n) is 8.30. The van der Waals surface area contributed by atoms with Crippen LogP contribution in [0.3, 0.4) is 0 Å². The maximum absolute atomic E-state index is 12.9. The molecule has 0 saturated carbocycles. The first-order valence-corrected chi connectivity index (χ1v) is 5.32. The van der Waals surface area contributed by atoms with Crippen molar-refractivity contribution in [3.8, 4) is 0 Å². The van der Waals surface area contributed by atoms with Gasteiger partial charge < -0.3 is 15.5 Å². The second-order valence-corrected chi connectivity index (χ2v) is 4.15. The van der Waals surface area contributed by atoms with E-state index in [4.69, 9.17) is 10.2 Å². The summed E-state index contributed by atoms with van der Waals surface area (Å²) in [4.78, 5) is 0. The largest absolute Gasteiger partial charge is 0.394 e. The molecule has 15 heavy (non-hydrogen) atoms. The molecular weight excluding hydrogens is 265 g/mol. The normalized spacial score (nSPS) is 12.6. The number of aliphatic hydroxyl groups excluding tert-OH is 2. The summed E-state index contributed by atoms with van der Waals surface area (Å²) in [6, 6.07) is 2.75. The van der Waals surface area contributed by atoms with Gasteiger partial charge in [0.1, 0.15) is 5.82 Å². The third kappa shape index (κ3) is 3.44. The van der Waals surface area contributed by atoms with E-state index < -0.39 is 6.10 Å². The summed E-state index contributed by atoms with van der Waals surface area (Å²) in [5.74, 6) is -0.312. The Labute approximate surface area is 96.1 Å². The van der Waals surface area contributed by atoms with Crippen LogP contribution >= 0.6 is 15.9 Å². The third-order valence-corrected chi connectivity index (χ3v) is 2.60. The SMILES string of the molecule is Cc1cc(F)cc(Br)c1NCC(O)CO. The minimum Gasteiger partial charge on any atom is -0.394 e. The molecule has 1 atom stereocenters. The number of hydrogen-bond donors (Lipinski definition) is 3. The number of nitrogens with one attached hydrogen (secondary N) is 1. The fraction of sp³-hybridized carbons (Fsp3) is 0.400. The first-order chi connectivity index (χ1) is 7.04. The Morgan fingerprint density at radius 1 is 1.53 bits per heavy atom. The molecule has 0 spiro atoms. The fourth-order valence-corrected chi connectivity index (χ4v) is 1.88. The summed E-state index contributed by atoms with van der Waals surface area (Å²) in [7, 11) is 0. The number of halogens is 2. The van der Waals surface area contributed by atoms with Gasteiger partial charge in [0.05, 0.1) is 18.4 Å². The average Bonchev–Trinajstić information content (AvgIpc) is 2.15. The Kier molecular flexibility index (Phi) is 4.50. The van der Waals surface area contributed by atoms with Crippen LogP contribution in [0.4, 0.5) is 10.1 Å². The summed E-state index contributed by atoms with van der Waals surface area (Å²) >= 11 is 3.22. The van der Waals surface area contributed by atoms with Crippen LogP contribution in [-0.2, 0) is 0 Å². The standard InChI is InChI=1S/C10H13BrFNO2/c1-6-2-7(12)3-9(11)10(6)13-4-8(15)5-14/h2-3,8,13-15H,4-5H2,1H3. The lowest BCUT2D eigenvalue weighted by atomic mass is 10.2. The molecule has 0 aliphatic heterocycles. The van der Waals surface area contributed by atoms with Crippen LogP contribution in [-0.4, -0.2) is 29.5 Å². The van der Waals surface area contributed by atoms with Gasteiger partial charge in [-0.15, -0.1) is 0 Å². The van der Waals surface area contributed by atoms with E-state index in [-0.39, 0.29) is 19.0 Å². The molecule has 0 aliphatic carbocycles. The van der Waals surface area contributed by atoms with Crippen molar-refractivity contribution in [1.82, 2.24) is 0 Å². The van der Waals surface area contributed by atoms with Gasteiger partial charge in [0.2, 0.25) is 0 Å². The summed E-state index contributed by atoms with van der Waals surface area (Å²) in [6.07, 6.45) is -0.818. The molecule has 1 rings (SSSR count). The van der Waals surface area contributed by atoms with E-state index in [9.17, 15) is 4.39 Å². The van der Waals surface area contributed by atoms with E-state index in [1.807, 2.05) is 0 Å². The maximum Gasteiger partial charge on any atom is 0.124 e. The van der Waals surface area contributed by atoms with Crippen LogP contribution < -0.4 is 5.32 Å². The van der Waals surface area contributed by atoms with Crippen LogP contribution in [0.2, 0.25) is 0 Å². The Hall–Kier alpha value is -0.650. The van der Waals surface area contributed by atoms with Crippen molar-refractivity contribution in [2.45, 2.75) is 13.0 Å². The molecule has 5 heteroatoms. The number of hydrogen-bond acceptors (Lipinski definition) is 3. The van der Waals surface area contributed by atoms with E-state index in [1.54, 1.807) is 6.92 Å². The Morgan fingerprint density at radius 2 is 2.20 bits per heavy atom. The molecule has 3 nitrogen and oxygen atoms in total. The molecule has 0 aliphatic rings. The Bertz CT molecular complexity index is 323. The van der Waals surface area contributed by atoms with E-state index in [1.165, 1.54) is 12.1 Å². The summed E-state index contributed by atoms with van der Waals surface area (Å²) < 4.78 is 13.5. The molecule has 1 unspecified atom stereocenters. The molecule has 0 heterocycles. The molecular formula is C10H13BrFNO2. The van der Waals surface area contributed by atoms with E-state index in [2.05, 4.69) is 21.2 Å². The van der Waals surface area contributed by atoms with Crippen LogP contribution in [0.5, 0.6) is 0 Å². The number of aryl methyl sites for hydroxylation is 1. The highest BCUT2D eigenvalue weighted by Crippen LogP contribution is 2.27. The molecule has 0 aromatic heterocycles. The highest BCUT2D eigenvalue weighted by atomic mass is 79.9. The number of rotatable bonds is 4. The first-order valence-electron chi connectivity index (χ1n) is 4.53. The van der Waals surface area contributed by atoms with Gasteiger partial charge in [-0.2, -0.15) is 0 Å². The van der Waals surface area contributed by atoms with Gasteiger partial charge in [-0.1, -0.05) is 0 Å². The summed E-state index contributed by atoms with van der Waals surface area (Å²) in [6.45, 7) is 1.69. The minimum absolute atomic E-state index is 0.224. The van der Waals surface area contributed by atoms with Crippen LogP contribution in [0, 0.1) is 12.7 Å². The van der Waals surface area contributed by atoms with Gasteiger partial charge in [0, 0.05) is 11.0 Å². The van der Waals surface area contributed by atoms with Crippen molar-refractivity contribution in [3.63, 3.8) is 0 Å². The lowest BCUT2D eigenvalue weighted by Gasteiger charge is -2.14. The van der Waals surface area contributed by atoms with Gasteiger partial charge in [0.25, 0.3) is 0 Å². The topological polar surface area (TPSA) is 52.5 Å². The fourth-order valence-electron chi connectivity index (χ4n) is 1.21. The monoisotopic (exact) mass is 277 g/mol. The van der Waals surface area contributed by atoms with E-state index >= 15 is 0 Å². The molecule has 3 N–H and O–H groups in total. The predicted molar refractivity (Wildman–Crippen MR) is 60.4 cm³/mol. The lowest BCUT2D eigenvalue weighted by Crippen LogP contribution is -2.23. The molecule has 84 valence electrons. The van der Waals surface area contributed by atoms with E-state index in [0.717, 1.165) is 11.3 Å². The zero-order chi connectivity index (χ0) is 11.4. The van der Waals surface area contributed by atoms with Gasteiger partial charge in [-0.3, -0.25) is 0 Å². The van der Waals surface area contributed by atoms with Gasteiger partial charge in [0.15, 0.2) is 0 Å². The quantitative estimate of drug-likeness (QED) is 0.785. The van der Waals surface area contributed by atoms with Crippen molar-refractivity contribution in [3.05, 3.63) is 28.0 Å². The third-order valence-electron chi connectivity index (χ3n) is 1.98. The van der Waals surface area contributed by atoms with Crippen LogP contribution in [0.1, 0.15) is 5.56 Å². The Morgan fingerprint density at radius 3 is 2.73 bits per heavy atom. The van der Waals surface area contributed by atoms with Crippen LogP contribution in [0.25, 0.3) is 0 Å². The zero-order valence-corrected chi connectivity index (χ0v) is 9.88. The molecule has 0 fully saturated rings. The molecule has 0 bridgehead atoms. The Balaban J connectivity index is 2.77. The number of anilines is 1. The van der Waals surface area contributed by atoms with Crippen molar-refractivity contribution in [1.29, 1.82) is 0 Å². The van der Waals surface area contributed by atoms with Gasteiger partial charge in [-0.05, 0) is 40.5 Å². The minimum atomic E-state index is -0.818. The molecule has 0 radical (unpaired) electrons. The molecule has 1 aromatic rings. The van der Waals surface area contributed by atoms with Crippen molar-refractivity contribution >= 4 is 21.6 Å². The number of benzene rings is 1. The van der Waals surface area contributed by atoms with E-state index in [0.29, 0.717) is 4.47 Å². The predicted octanol–water partition coefficient (Wildman–Crippen LogP) is 1.66.